The fraction of sp³-hybridized carbons (Fsp3) is 0. The summed E-state index contributed by atoms with van der Waals surface area (Å²) in [4.78, 5) is 20.2. The lowest BCUT2D eigenvalue weighted by Gasteiger charge is -2.13. The predicted molar refractivity (Wildman–Crippen MR) is 203 cm³/mol. The molecule has 0 N–H and O–H groups in total. The minimum absolute atomic E-state index is 0.569. The molecule has 0 aliphatic rings. The first-order chi connectivity index (χ1) is 24.8. The third-order valence-corrected chi connectivity index (χ3v) is 9.43. The summed E-state index contributed by atoms with van der Waals surface area (Å²) in [6, 6.07) is 56.5. The second kappa shape index (κ2) is 11.4. The number of hydrogen-bond donors (Lipinski definition) is 0. The standard InChI is InChI=1S/C44H28N6/c1-4-14-29(15-5-1)42-46-43(30-16-6-2-7-17-30)48-44(47-42)50-37-22-12-10-20-34(37)35-25-24-31(28-39(35)50)33-26-27-45-40-36-21-11-13-23-38(36)49(41(33)40)32-18-8-3-9-19-32/h1-28H. The fourth-order valence-corrected chi connectivity index (χ4v) is 7.20. The highest BCUT2D eigenvalue weighted by Crippen LogP contribution is 2.39. The zero-order valence-electron chi connectivity index (χ0n) is 26.8. The van der Waals surface area contributed by atoms with Crippen molar-refractivity contribution in [2.75, 3.05) is 0 Å². The lowest BCUT2D eigenvalue weighted by atomic mass is 10.0. The second-order valence-corrected chi connectivity index (χ2v) is 12.3. The highest BCUT2D eigenvalue weighted by molar-refractivity contribution is 6.14. The monoisotopic (exact) mass is 640 g/mol. The number of nitrogens with zero attached hydrogens (tertiary/aromatic N) is 6. The van der Waals surface area contributed by atoms with Gasteiger partial charge in [-0.3, -0.25) is 9.55 Å². The number of rotatable bonds is 5. The third kappa shape index (κ3) is 4.43. The van der Waals surface area contributed by atoms with Crippen molar-refractivity contribution in [2.24, 2.45) is 0 Å². The molecule has 0 atom stereocenters. The molecule has 4 heterocycles. The van der Waals surface area contributed by atoms with E-state index in [1.807, 2.05) is 66.9 Å². The van der Waals surface area contributed by atoms with Crippen LogP contribution in [0.2, 0.25) is 0 Å². The van der Waals surface area contributed by atoms with Gasteiger partial charge in [0, 0.05) is 44.7 Å². The number of aromatic nitrogens is 6. The summed E-state index contributed by atoms with van der Waals surface area (Å²) in [6.45, 7) is 0. The zero-order valence-corrected chi connectivity index (χ0v) is 26.8. The molecule has 50 heavy (non-hydrogen) atoms. The quantitative estimate of drug-likeness (QED) is 0.188. The Bertz CT molecular complexity index is 2800. The molecular weight excluding hydrogens is 613 g/mol. The van der Waals surface area contributed by atoms with E-state index in [4.69, 9.17) is 19.9 Å². The molecule has 10 aromatic rings. The van der Waals surface area contributed by atoms with Crippen molar-refractivity contribution < 1.29 is 0 Å². The SMILES string of the molecule is c1ccc(-c2nc(-c3ccccc3)nc(-n3c4ccccc4c4ccc(-c5ccnc6c7ccccc7n(-c7ccccc7)c56)cc43)n2)cc1. The highest BCUT2D eigenvalue weighted by Gasteiger charge is 2.21. The first kappa shape index (κ1) is 28.1. The molecule has 0 aliphatic heterocycles. The van der Waals surface area contributed by atoms with Gasteiger partial charge in [0.15, 0.2) is 11.6 Å². The van der Waals surface area contributed by atoms with Crippen LogP contribution in [0, 0.1) is 0 Å². The van der Waals surface area contributed by atoms with E-state index in [2.05, 4.69) is 112 Å². The van der Waals surface area contributed by atoms with E-state index < -0.39 is 0 Å². The molecule has 234 valence electrons. The Morgan fingerprint density at radius 2 is 0.960 bits per heavy atom. The maximum absolute atomic E-state index is 5.13. The van der Waals surface area contributed by atoms with Crippen LogP contribution in [0.15, 0.2) is 170 Å². The molecule has 4 aromatic heterocycles. The summed E-state index contributed by atoms with van der Waals surface area (Å²) in [5.41, 5.74) is 10.3. The predicted octanol–water partition coefficient (Wildman–Crippen LogP) is 10.5. The van der Waals surface area contributed by atoms with Crippen molar-refractivity contribution >= 4 is 43.7 Å². The van der Waals surface area contributed by atoms with E-state index in [9.17, 15) is 0 Å². The van der Waals surface area contributed by atoms with Gasteiger partial charge in [0.1, 0.15) is 0 Å². The number of hydrogen-bond acceptors (Lipinski definition) is 4. The van der Waals surface area contributed by atoms with Crippen LogP contribution in [-0.4, -0.2) is 29.1 Å². The average Bonchev–Trinajstić information content (AvgIpc) is 3.71. The van der Waals surface area contributed by atoms with Crippen molar-refractivity contribution in [3.63, 3.8) is 0 Å². The van der Waals surface area contributed by atoms with Crippen LogP contribution in [0.1, 0.15) is 0 Å². The zero-order chi connectivity index (χ0) is 33.0. The Morgan fingerprint density at radius 3 is 1.64 bits per heavy atom. The van der Waals surface area contributed by atoms with E-state index >= 15 is 0 Å². The Labute approximate surface area is 287 Å². The molecule has 6 nitrogen and oxygen atoms in total. The van der Waals surface area contributed by atoms with Gasteiger partial charge in [0.2, 0.25) is 5.95 Å². The van der Waals surface area contributed by atoms with Crippen molar-refractivity contribution in [1.82, 2.24) is 29.1 Å². The molecule has 0 saturated heterocycles. The lowest BCUT2D eigenvalue weighted by Crippen LogP contribution is -2.06. The van der Waals surface area contributed by atoms with Crippen molar-refractivity contribution in [3.05, 3.63) is 170 Å². The second-order valence-electron chi connectivity index (χ2n) is 12.3. The van der Waals surface area contributed by atoms with Crippen LogP contribution in [0.3, 0.4) is 0 Å². The molecule has 0 amide bonds. The summed E-state index contributed by atoms with van der Waals surface area (Å²) in [7, 11) is 0. The van der Waals surface area contributed by atoms with E-state index in [1.165, 1.54) is 0 Å². The molecule has 0 radical (unpaired) electrons. The molecule has 0 saturated carbocycles. The van der Waals surface area contributed by atoms with Gasteiger partial charge in [-0.2, -0.15) is 9.97 Å². The minimum Gasteiger partial charge on any atom is -0.307 e. The van der Waals surface area contributed by atoms with Gasteiger partial charge < -0.3 is 4.57 Å². The highest BCUT2D eigenvalue weighted by atomic mass is 15.2. The summed E-state index contributed by atoms with van der Waals surface area (Å²) < 4.78 is 4.51. The summed E-state index contributed by atoms with van der Waals surface area (Å²) >= 11 is 0. The summed E-state index contributed by atoms with van der Waals surface area (Å²) in [5, 5.41) is 3.38. The smallest absolute Gasteiger partial charge is 0.238 e. The number of benzene rings is 6. The average molecular weight is 641 g/mol. The van der Waals surface area contributed by atoms with Crippen molar-refractivity contribution in [3.8, 4) is 45.5 Å². The molecule has 0 unspecified atom stereocenters. The number of fused-ring (bicyclic) bond motifs is 6. The van der Waals surface area contributed by atoms with Crippen LogP contribution in [-0.2, 0) is 0 Å². The molecule has 0 spiro atoms. The number of para-hydroxylation sites is 3. The molecule has 6 heteroatoms. The molecule has 0 bridgehead atoms. The lowest BCUT2D eigenvalue weighted by molar-refractivity contribution is 0.953. The third-order valence-electron chi connectivity index (χ3n) is 9.43. The van der Waals surface area contributed by atoms with E-state index in [0.717, 1.165) is 71.7 Å². The first-order valence-corrected chi connectivity index (χ1v) is 16.7. The van der Waals surface area contributed by atoms with Crippen LogP contribution < -0.4 is 0 Å². The van der Waals surface area contributed by atoms with Crippen LogP contribution >= 0.6 is 0 Å². The molecule has 0 fully saturated rings. The number of pyridine rings is 1. The van der Waals surface area contributed by atoms with Crippen molar-refractivity contribution in [2.45, 2.75) is 0 Å². The Kier molecular flexibility index (Phi) is 6.39. The maximum atomic E-state index is 5.13. The molecular formula is C44H28N6. The van der Waals surface area contributed by atoms with Crippen LogP contribution in [0.5, 0.6) is 0 Å². The van der Waals surface area contributed by atoms with Crippen LogP contribution in [0.25, 0.3) is 89.3 Å². The Morgan fingerprint density at radius 1 is 0.400 bits per heavy atom. The first-order valence-electron chi connectivity index (χ1n) is 16.7. The minimum atomic E-state index is 0.569. The van der Waals surface area contributed by atoms with Crippen molar-refractivity contribution in [1.29, 1.82) is 0 Å². The largest absolute Gasteiger partial charge is 0.307 e. The van der Waals surface area contributed by atoms with Gasteiger partial charge in [-0.15, -0.1) is 0 Å². The Hall–Kier alpha value is -6.92. The normalized spacial score (nSPS) is 11.6. The summed E-state index contributed by atoms with van der Waals surface area (Å²) in [6.07, 6.45) is 1.92. The van der Waals surface area contributed by atoms with Gasteiger partial charge in [0.05, 0.1) is 27.6 Å². The molecule has 0 aliphatic carbocycles. The van der Waals surface area contributed by atoms with Gasteiger partial charge in [-0.1, -0.05) is 127 Å². The Balaban J connectivity index is 1.27. The topological polar surface area (TPSA) is 61.4 Å². The fourth-order valence-electron chi connectivity index (χ4n) is 7.20. The van der Waals surface area contributed by atoms with E-state index in [-0.39, 0.29) is 0 Å². The van der Waals surface area contributed by atoms with Gasteiger partial charge in [0.25, 0.3) is 0 Å². The molecule has 6 aromatic carbocycles. The van der Waals surface area contributed by atoms with E-state index in [1.54, 1.807) is 0 Å². The van der Waals surface area contributed by atoms with Gasteiger partial charge >= 0.3 is 0 Å². The molecule has 10 rings (SSSR count). The van der Waals surface area contributed by atoms with Gasteiger partial charge in [-0.05, 0) is 42.0 Å². The summed E-state index contributed by atoms with van der Waals surface area (Å²) in [5.74, 6) is 1.82. The van der Waals surface area contributed by atoms with Crippen LogP contribution in [0.4, 0.5) is 0 Å². The van der Waals surface area contributed by atoms with Gasteiger partial charge in [-0.25, -0.2) is 4.98 Å². The van der Waals surface area contributed by atoms with E-state index in [0.29, 0.717) is 17.6 Å². The maximum Gasteiger partial charge on any atom is 0.238 e.